The Morgan fingerprint density at radius 2 is 2.22 bits per heavy atom. The molecule has 1 heterocycles. The van der Waals surface area contributed by atoms with E-state index in [9.17, 15) is 9.18 Å². The predicted molar refractivity (Wildman–Crippen MR) is 64.9 cm³/mol. The van der Waals surface area contributed by atoms with Gasteiger partial charge in [0.2, 0.25) is 5.78 Å². The molecule has 94 valence electrons. The molecule has 0 saturated heterocycles. The molecule has 5 heteroatoms. The normalized spacial score (nSPS) is 10.6. The zero-order valence-corrected chi connectivity index (χ0v) is 10.4. The standard InChI is InChI=1S/C13H14FN3O/c1-3-6-17-13(15-8-16-17)12(18)10-7-9(2)4-5-11(10)14/h4-5,7-8H,3,6H2,1-2H3. The van der Waals surface area contributed by atoms with Crippen molar-refractivity contribution in [2.45, 2.75) is 26.8 Å². The van der Waals surface area contributed by atoms with Crippen molar-refractivity contribution in [1.29, 1.82) is 0 Å². The highest BCUT2D eigenvalue weighted by Crippen LogP contribution is 2.14. The summed E-state index contributed by atoms with van der Waals surface area (Å²) in [5.74, 6) is -0.778. The molecule has 2 aromatic rings. The van der Waals surface area contributed by atoms with Crippen LogP contribution in [0.3, 0.4) is 0 Å². The highest BCUT2D eigenvalue weighted by Gasteiger charge is 2.19. The Morgan fingerprint density at radius 3 is 2.94 bits per heavy atom. The summed E-state index contributed by atoms with van der Waals surface area (Å²) in [4.78, 5) is 16.1. The summed E-state index contributed by atoms with van der Waals surface area (Å²) in [7, 11) is 0. The Kier molecular flexibility index (Phi) is 3.50. The molecule has 0 bridgehead atoms. The molecular weight excluding hydrogens is 233 g/mol. The monoisotopic (exact) mass is 247 g/mol. The average molecular weight is 247 g/mol. The number of hydrogen-bond donors (Lipinski definition) is 0. The summed E-state index contributed by atoms with van der Waals surface area (Å²) in [6.07, 6.45) is 2.15. The lowest BCUT2D eigenvalue weighted by Gasteiger charge is -2.05. The van der Waals surface area contributed by atoms with Crippen LogP contribution >= 0.6 is 0 Å². The maximum atomic E-state index is 13.7. The van der Waals surface area contributed by atoms with Crippen molar-refractivity contribution in [3.05, 3.63) is 47.3 Å². The van der Waals surface area contributed by atoms with E-state index in [1.165, 1.54) is 23.1 Å². The van der Waals surface area contributed by atoms with Crippen molar-refractivity contribution in [2.24, 2.45) is 0 Å². The van der Waals surface area contributed by atoms with Crippen LogP contribution in [-0.4, -0.2) is 20.5 Å². The van der Waals surface area contributed by atoms with Gasteiger partial charge in [0.25, 0.3) is 0 Å². The molecular formula is C13H14FN3O. The average Bonchev–Trinajstić information content (AvgIpc) is 2.80. The number of hydrogen-bond acceptors (Lipinski definition) is 3. The maximum Gasteiger partial charge on any atom is 0.232 e. The second-order valence-electron chi connectivity index (χ2n) is 4.12. The fraction of sp³-hybridized carbons (Fsp3) is 0.308. The van der Waals surface area contributed by atoms with Crippen LogP contribution in [0.5, 0.6) is 0 Å². The SMILES string of the molecule is CCCn1ncnc1C(=O)c1cc(C)ccc1F. The molecule has 2 rings (SSSR count). The molecule has 0 aliphatic heterocycles. The van der Waals surface area contributed by atoms with Crippen molar-refractivity contribution in [3.8, 4) is 0 Å². The lowest BCUT2D eigenvalue weighted by Crippen LogP contribution is -2.14. The maximum absolute atomic E-state index is 13.7. The lowest BCUT2D eigenvalue weighted by atomic mass is 10.1. The molecule has 18 heavy (non-hydrogen) atoms. The molecule has 0 saturated carbocycles. The smallest absolute Gasteiger partial charge is 0.232 e. The Morgan fingerprint density at radius 1 is 1.44 bits per heavy atom. The predicted octanol–water partition coefficient (Wildman–Crippen LogP) is 2.37. The van der Waals surface area contributed by atoms with Gasteiger partial charge in [-0.2, -0.15) is 5.10 Å². The van der Waals surface area contributed by atoms with Gasteiger partial charge in [0.1, 0.15) is 12.1 Å². The van der Waals surface area contributed by atoms with Crippen LogP contribution in [0.15, 0.2) is 24.5 Å². The van der Waals surface area contributed by atoms with Gasteiger partial charge in [-0.15, -0.1) is 0 Å². The van der Waals surface area contributed by atoms with E-state index in [0.717, 1.165) is 12.0 Å². The first kappa shape index (κ1) is 12.4. The minimum absolute atomic E-state index is 0.0420. The first-order valence-electron chi connectivity index (χ1n) is 5.82. The first-order chi connectivity index (χ1) is 8.63. The number of aryl methyl sites for hydroxylation is 2. The van der Waals surface area contributed by atoms with Gasteiger partial charge in [0.05, 0.1) is 5.56 Å². The third-order valence-electron chi connectivity index (χ3n) is 2.62. The van der Waals surface area contributed by atoms with Gasteiger partial charge in [-0.05, 0) is 25.5 Å². The fourth-order valence-corrected chi connectivity index (χ4v) is 1.75. The van der Waals surface area contributed by atoms with E-state index in [0.29, 0.717) is 6.54 Å². The van der Waals surface area contributed by atoms with E-state index in [2.05, 4.69) is 10.1 Å². The number of carbonyl (C=O) groups excluding carboxylic acids is 1. The van der Waals surface area contributed by atoms with E-state index in [-0.39, 0.29) is 11.4 Å². The zero-order valence-electron chi connectivity index (χ0n) is 10.4. The van der Waals surface area contributed by atoms with Crippen LogP contribution in [0.2, 0.25) is 0 Å². The van der Waals surface area contributed by atoms with Crippen LogP contribution < -0.4 is 0 Å². The summed E-state index contributed by atoms with van der Waals surface area (Å²) >= 11 is 0. The van der Waals surface area contributed by atoms with Gasteiger partial charge in [0, 0.05) is 6.54 Å². The third kappa shape index (κ3) is 2.30. The number of aromatic nitrogens is 3. The van der Waals surface area contributed by atoms with E-state index in [1.54, 1.807) is 6.07 Å². The van der Waals surface area contributed by atoms with Gasteiger partial charge < -0.3 is 0 Å². The van der Waals surface area contributed by atoms with E-state index >= 15 is 0 Å². The summed E-state index contributed by atoms with van der Waals surface area (Å²) < 4.78 is 15.2. The van der Waals surface area contributed by atoms with Crippen molar-refractivity contribution < 1.29 is 9.18 Å². The second-order valence-corrected chi connectivity index (χ2v) is 4.12. The van der Waals surface area contributed by atoms with Crippen molar-refractivity contribution in [3.63, 3.8) is 0 Å². The summed E-state index contributed by atoms with van der Waals surface area (Å²) in [5, 5.41) is 3.97. The molecule has 0 aliphatic carbocycles. The van der Waals surface area contributed by atoms with Crippen molar-refractivity contribution in [2.75, 3.05) is 0 Å². The van der Waals surface area contributed by atoms with Gasteiger partial charge >= 0.3 is 0 Å². The Hall–Kier alpha value is -2.04. The molecule has 0 aliphatic rings. The molecule has 0 N–H and O–H groups in total. The summed E-state index contributed by atoms with van der Waals surface area (Å²) in [5.41, 5.74) is 0.877. The summed E-state index contributed by atoms with van der Waals surface area (Å²) in [6, 6.07) is 4.45. The molecule has 0 atom stereocenters. The zero-order chi connectivity index (χ0) is 13.1. The number of halogens is 1. The number of nitrogens with zero attached hydrogens (tertiary/aromatic N) is 3. The molecule has 1 aromatic carbocycles. The van der Waals surface area contributed by atoms with Crippen LogP contribution in [0.4, 0.5) is 4.39 Å². The van der Waals surface area contributed by atoms with Gasteiger partial charge in [-0.25, -0.2) is 14.1 Å². The van der Waals surface area contributed by atoms with Crippen LogP contribution in [0.25, 0.3) is 0 Å². The third-order valence-corrected chi connectivity index (χ3v) is 2.62. The number of carbonyl (C=O) groups is 1. The van der Waals surface area contributed by atoms with Crippen molar-refractivity contribution in [1.82, 2.24) is 14.8 Å². The van der Waals surface area contributed by atoms with Crippen LogP contribution in [0, 0.1) is 12.7 Å². The molecule has 0 amide bonds. The molecule has 0 spiro atoms. The minimum Gasteiger partial charge on any atom is -0.285 e. The van der Waals surface area contributed by atoms with E-state index in [1.807, 2.05) is 13.8 Å². The quantitative estimate of drug-likeness (QED) is 0.779. The van der Waals surface area contributed by atoms with Crippen LogP contribution in [-0.2, 0) is 6.54 Å². The number of rotatable bonds is 4. The largest absolute Gasteiger partial charge is 0.285 e. The second kappa shape index (κ2) is 5.08. The van der Waals surface area contributed by atoms with Crippen LogP contribution in [0.1, 0.15) is 35.1 Å². The van der Waals surface area contributed by atoms with Gasteiger partial charge in [-0.3, -0.25) is 4.79 Å². The fourth-order valence-electron chi connectivity index (χ4n) is 1.75. The molecule has 4 nitrogen and oxygen atoms in total. The number of benzene rings is 1. The lowest BCUT2D eigenvalue weighted by molar-refractivity contribution is 0.102. The highest BCUT2D eigenvalue weighted by molar-refractivity contribution is 6.06. The Balaban J connectivity index is 2.41. The number of ketones is 1. The highest BCUT2D eigenvalue weighted by atomic mass is 19.1. The Labute approximate surface area is 104 Å². The Bertz CT molecular complexity index is 577. The van der Waals surface area contributed by atoms with Gasteiger partial charge in [-0.1, -0.05) is 18.6 Å². The molecule has 0 radical (unpaired) electrons. The summed E-state index contributed by atoms with van der Waals surface area (Å²) in [6.45, 7) is 4.38. The minimum atomic E-state index is -0.531. The van der Waals surface area contributed by atoms with E-state index < -0.39 is 11.6 Å². The first-order valence-corrected chi connectivity index (χ1v) is 5.82. The van der Waals surface area contributed by atoms with E-state index in [4.69, 9.17) is 0 Å². The van der Waals surface area contributed by atoms with Gasteiger partial charge in [0.15, 0.2) is 5.82 Å². The molecule has 1 aromatic heterocycles. The topological polar surface area (TPSA) is 47.8 Å². The molecule has 0 fully saturated rings. The molecule has 0 unspecified atom stereocenters. The van der Waals surface area contributed by atoms with Crippen molar-refractivity contribution >= 4 is 5.78 Å².